The fraction of sp³-hybridized carbons (Fsp3) is 0.500. The SMILES string of the molecule is CN1C=CC2(C)CC2=C1. The van der Waals surface area contributed by atoms with E-state index in [1.54, 1.807) is 5.57 Å². The number of hydrogen-bond acceptors (Lipinski definition) is 1. The second kappa shape index (κ2) is 1.23. The van der Waals surface area contributed by atoms with E-state index in [9.17, 15) is 0 Å². The summed E-state index contributed by atoms with van der Waals surface area (Å²) in [7, 11) is 2.07. The van der Waals surface area contributed by atoms with E-state index >= 15 is 0 Å². The monoisotopic (exact) mass is 121 g/mol. The smallest absolute Gasteiger partial charge is 0.0136 e. The van der Waals surface area contributed by atoms with Crippen LogP contribution in [0.4, 0.5) is 0 Å². The van der Waals surface area contributed by atoms with Crippen molar-refractivity contribution < 1.29 is 0 Å². The van der Waals surface area contributed by atoms with E-state index in [2.05, 4.69) is 37.3 Å². The van der Waals surface area contributed by atoms with Gasteiger partial charge in [0.25, 0.3) is 0 Å². The lowest BCUT2D eigenvalue weighted by Gasteiger charge is -2.12. The molecule has 0 aromatic carbocycles. The van der Waals surface area contributed by atoms with Crippen LogP contribution in [0.5, 0.6) is 0 Å². The zero-order valence-corrected chi connectivity index (χ0v) is 5.89. The van der Waals surface area contributed by atoms with Gasteiger partial charge in [0, 0.05) is 24.9 Å². The average Bonchev–Trinajstić information content (AvgIpc) is 2.41. The molecule has 1 heterocycles. The molecule has 0 saturated heterocycles. The molecule has 0 bridgehead atoms. The van der Waals surface area contributed by atoms with E-state index in [-0.39, 0.29) is 0 Å². The zero-order chi connectivity index (χ0) is 6.48. The molecule has 0 radical (unpaired) electrons. The predicted octanol–water partition coefficient (Wildman–Crippen LogP) is 1.74. The Balaban J connectivity index is 2.31. The van der Waals surface area contributed by atoms with E-state index in [1.165, 1.54) is 6.42 Å². The molecule has 1 heteroatoms. The first kappa shape index (κ1) is 5.10. The van der Waals surface area contributed by atoms with Crippen molar-refractivity contribution in [3.63, 3.8) is 0 Å². The van der Waals surface area contributed by atoms with Gasteiger partial charge in [-0.15, -0.1) is 0 Å². The molecule has 0 aromatic rings. The van der Waals surface area contributed by atoms with Gasteiger partial charge in [0.05, 0.1) is 0 Å². The van der Waals surface area contributed by atoms with Crippen LogP contribution in [0.1, 0.15) is 13.3 Å². The minimum atomic E-state index is 0.465. The largest absolute Gasteiger partial charge is 0.358 e. The molecule has 1 atom stereocenters. The number of hydrogen-bond donors (Lipinski definition) is 0. The van der Waals surface area contributed by atoms with E-state index in [0.29, 0.717) is 5.41 Å². The second-order valence-electron chi connectivity index (χ2n) is 3.23. The predicted molar refractivity (Wildman–Crippen MR) is 37.7 cm³/mol. The molecule has 1 aliphatic heterocycles. The lowest BCUT2D eigenvalue weighted by molar-refractivity contribution is 0.589. The molecule has 0 aromatic heterocycles. The minimum Gasteiger partial charge on any atom is -0.358 e. The van der Waals surface area contributed by atoms with Gasteiger partial charge in [0.2, 0.25) is 0 Å². The highest BCUT2D eigenvalue weighted by Gasteiger charge is 2.43. The zero-order valence-electron chi connectivity index (χ0n) is 5.89. The van der Waals surface area contributed by atoms with Crippen molar-refractivity contribution in [2.24, 2.45) is 5.41 Å². The molecule has 9 heavy (non-hydrogen) atoms. The van der Waals surface area contributed by atoms with Crippen LogP contribution >= 0.6 is 0 Å². The molecule has 1 nitrogen and oxygen atoms in total. The summed E-state index contributed by atoms with van der Waals surface area (Å²) in [5, 5.41) is 0. The van der Waals surface area contributed by atoms with Gasteiger partial charge in [-0.3, -0.25) is 0 Å². The summed E-state index contributed by atoms with van der Waals surface area (Å²) in [4.78, 5) is 2.12. The van der Waals surface area contributed by atoms with Gasteiger partial charge in [0.1, 0.15) is 0 Å². The van der Waals surface area contributed by atoms with Crippen LogP contribution in [-0.2, 0) is 0 Å². The minimum absolute atomic E-state index is 0.465. The summed E-state index contributed by atoms with van der Waals surface area (Å²) in [6.07, 6.45) is 7.91. The van der Waals surface area contributed by atoms with Crippen molar-refractivity contribution in [2.45, 2.75) is 13.3 Å². The first-order chi connectivity index (χ1) is 4.21. The number of rotatable bonds is 0. The first-order valence-corrected chi connectivity index (χ1v) is 3.33. The maximum atomic E-state index is 2.28. The highest BCUT2D eigenvalue weighted by molar-refractivity contribution is 5.39. The standard InChI is InChI=1S/C8H11N/c1-8-3-4-9(2)6-7(8)5-8/h3-4,6H,5H2,1-2H3. The lowest BCUT2D eigenvalue weighted by Crippen LogP contribution is -2.05. The third-order valence-corrected chi connectivity index (χ3v) is 2.20. The second-order valence-corrected chi connectivity index (χ2v) is 3.23. The molecule has 1 aliphatic carbocycles. The fourth-order valence-electron chi connectivity index (χ4n) is 1.28. The Kier molecular flexibility index (Phi) is 0.696. The van der Waals surface area contributed by atoms with E-state index in [4.69, 9.17) is 0 Å². The maximum absolute atomic E-state index is 2.28. The third-order valence-electron chi connectivity index (χ3n) is 2.20. The number of fused-ring (bicyclic) bond motifs is 1. The Bertz CT molecular complexity index is 203. The van der Waals surface area contributed by atoms with Crippen molar-refractivity contribution in [3.05, 3.63) is 24.0 Å². The van der Waals surface area contributed by atoms with Gasteiger partial charge in [0.15, 0.2) is 0 Å². The fourth-order valence-corrected chi connectivity index (χ4v) is 1.28. The van der Waals surface area contributed by atoms with Crippen LogP contribution in [-0.4, -0.2) is 11.9 Å². The molecule has 2 rings (SSSR count). The Hall–Kier alpha value is -0.720. The van der Waals surface area contributed by atoms with E-state index < -0.39 is 0 Å². The van der Waals surface area contributed by atoms with Crippen molar-refractivity contribution in [3.8, 4) is 0 Å². The van der Waals surface area contributed by atoms with Gasteiger partial charge in [-0.25, -0.2) is 0 Å². The van der Waals surface area contributed by atoms with Crippen molar-refractivity contribution in [1.82, 2.24) is 4.90 Å². The summed E-state index contributed by atoms with van der Waals surface area (Å²) in [5.41, 5.74) is 2.04. The number of nitrogens with zero attached hydrogens (tertiary/aromatic N) is 1. The summed E-state index contributed by atoms with van der Waals surface area (Å²) < 4.78 is 0. The Morgan fingerprint density at radius 2 is 2.44 bits per heavy atom. The number of allylic oxidation sites excluding steroid dienone is 2. The molecular formula is C8H11N. The van der Waals surface area contributed by atoms with Crippen LogP contribution in [0.25, 0.3) is 0 Å². The molecule has 0 N–H and O–H groups in total. The van der Waals surface area contributed by atoms with Gasteiger partial charge >= 0.3 is 0 Å². The van der Waals surface area contributed by atoms with Gasteiger partial charge in [-0.2, -0.15) is 0 Å². The normalized spacial score (nSPS) is 38.0. The Labute approximate surface area is 55.7 Å². The van der Waals surface area contributed by atoms with Crippen LogP contribution in [0.2, 0.25) is 0 Å². The van der Waals surface area contributed by atoms with Crippen molar-refractivity contribution in [2.75, 3.05) is 7.05 Å². The summed E-state index contributed by atoms with van der Waals surface area (Å²) in [6, 6.07) is 0. The molecule has 2 aliphatic rings. The molecular weight excluding hydrogens is 110 g/mol. The Morgan fingerprint density at radius 1 is 1.67 bits per heavy atom. The van der Waals surface area contributed by atoms with Crippen LogP contribution < -0.4 is 0 Å². The summed E-state index contributed by atoms with van der Waals surface area (Å²) in [5.74, 6) is 0. The van der Waals surface area contributed by atoms with Gasteiger partial charge < -0.3 is 4.90 Å². The maximum Gasteiger partial charge on any atom is 0.0136 e. The topological polar surface area (TPSA) is 3.24 Å². The van der Waals surface area contributed by atoms with Crippen LogP contribution in [0.15, 0.2) is 24.0 Å². The molecule has 48 valence electrons. The van der Waals surface area contributed by atoms with Crippen molar-refractivity contribution in [1.29, 1.82) is 0 Å². The lowest BCUT2D eigenvalue weighted by atomic mass is 10.1. The summed E-state index contributed by atoms with van der Waals surface area (Å²) in [6.45, 7) is 2.28. The van der Waals surface area contributed by atoms with Crippen LogP contribution in [0.3, 0.4) is 0 Å². The van der Waals surface area contributed by atoms with Crippen LogP contribution in [0, 0.1) is 5.41 Å². The third kappa shape index (κ3) is 0.607. The highest BCUT2D eigenvalue weighted by atomic mass is 15.1. The Morgan fingerprint density at radius 3 is 3.00 bits per heavy atom. The van der Waals surface area contributed by atoms with Crippen molar-refractivity contribution >= 4 is 0 Å². The van der Waals surface area contributed by atoms with E-state index in [0.717, 1.165) is 0 Å². The molecule has 0 amide bonds. The quantitative estimate of drug-likeness (QED) is 0.472. The molecule has 1 saturated carbocycles. The molecule has 1 fully saturated rings. The first-order valence-electron chi connectivity index (χ1n) is 3.33. The van der Waals surface area contributed by atoms with Gasteiger partial charge in [-0.1, -0.05) is 13.0 Å². The average molecular weight is 121 g/mol. The van der Waals surface area contributed by atoms with Gasteiger partial charge in [-0.05, 0) is 12.0 Å². The summed E-state index contributed by atoms with van der Waals surface area (Å²) >= 11 is 0. The molecule has 1 unspecified atom stereocenters. The molecule has 0 spiro atoms. The highest BCUT2D eigenvalue weighted by Crippen LogP contribution is 2.54. The van der Waals surface area contributed by atoms with E-state index in [1.807, 2.05) is 0 Å².